The van der Waals surface area contributed by atoms with Crippen molar-refractivity contribution < 1.29 is 22.7 Å². The van der Waals surface area contributed by atoms with Crippen molar-refractivity contribution in [3.8, 4) is 11.5 Å². The van der Waals surface area contributed by atoms with Gasteiger partial charge in [0.25, 0.3) is 5.91 Å². The number of nitrogens with one attached hydrogen (secondary N) is 2. The number of benzene rings is 2. The second kappa shape index (κ2) is 8.17. The van der Waals surface area contributed by atoms with Gasteiger partial charge in [0.15, 0.2) is 0 Å². The van der Waals surface area contributed by atoms with Crippen LogP contribution in [0.15, 0.2) is 53.4 Å². The molecule has 1 aliphatic rings. The summed E-state index contributed by atoms with van der Waals surface area (Å²) in [6.45, 7) is 1.65. The molecular weight excluding hydrogens is 406 g/mol. The zero-order valence-electron chi connectivity index (χ0n) is 14.9. The number of carbonyl (C=O) groups is 2. The van der Waals surface area contributed by atoms with Gasteiger partial charge in [-0.05, 0) is 48.5 Å². The molecule has 0 aliphatic carbocycles. The van der Waals surface area contributed by atoms with E-state index in [2.05, 4.69) is 10.6 Å². The van der Waals surface area contributed by atoms with Crippen molar-refractivity contribution in [1.29, 1.82) is 0 Å². The number of hydrogen-bond acceptors (Lipinski definition) is 5. The summed E-state index contributed by atoms with van der Waals surface area (Å²) in [5.74, 6) is 0.482. The van der Waals surface area contributed by atoms with E-state index in [9.17, 15) is 18.0 Å². The second-order valence-electron chi connectivity index (χ2n) is 6.00. The van der Waals surface area contributed by atoms with Crippen LogP contribution in [0.3, 0.4) is 0 Å². The molecule has 0 spiro atoms. The molecule has 1 fully saturated rings. The summed E-state index contributed by atoms with van der Waals surface area (Å²) in [6.07, 6.45) is 0. The van der Waals surface area contributed by atoms with Crippen molar-refractivity contribution in [2.24, 2.45) is 0 Å². The molecule has 0 saturated carbocycles. The third kappa shape index (κ3) is 4.44. The number of imide groups is 1. The molecule has 2 N–H and O–H groups in total. The first-order chi connectivity index (χ1) is 13.3. The number of halogens is 1. The number of urea groups is 1. The molecule has 0 aromatic heterocycles. The monoisotopic (exact) mass is 423 g/mol. The van der Waals surface area contributed by atoms with Crippen LogP contribution in [0.25, 0.3) is 0 Å². The fraction of sp³-hybridized carbons (Fsp3) is 0.222. The van der Waals surface area contributed by atoms with Crippen molar-refractivity contribution in [2.75, 3.05) is 13.1 Å². The van der Waals surface area contributed by atoms with Gasteiger partial charge >= 0.3 is 6.03 Å². The highest BCUT2D eigenvalue weighted by Gasteiger charge is 2.34. The van der Waals surface area contributed by atoms with Crippen LogP contribution in [0.5, 0.6) is 11.5 Å². The Morgan fingerprint density at radius 3 is 2.11 bits per heavy atom. The minimum atomic E-state index is -3.85. The topological polar surface area (TPSA) is 105 Å². The third-order valence-corrected chi connectivity index (χ3v) is 6.32. The third-order valence-electron chi connectivity index (χ3n) is 4.11. The predicted molar refractivity (Wildman–Crippen MR) is 103 cm³/mol. The second-order valence-corrected chi connectivity index (χ2v) is 8.37. The quantitative estimate of drug-likeness (QED) is 0.665. The van der Waals surface area contributed by atoms with Crippen LogP contribution >= 0.6 is 11.6 Å². The van der Waals surface area contributed by atoms with Gasteiger partial charge in [0.2, 0.25) is 10.0 Å². The Hall–Kier alpha value is -2.62. The average Bonchev–Trinajstić information content (AvgIpc) is 2.99. The lowest BCUT2D eigenvalue weighted by Gasteiger charge is -2.22. The van der Waals surface area contributed by atoms with Crippen LogP contribution < -0.4 is 15.4 Å². The van der Waals surface area contributed by atoms with Crippen molar-refractivity contribution >= 4 is 33.6 Å². The van der Waals surface area contributed by atoms with E-state index in [1.54, 1.807) is 43.3 Å². The molecule has 8 nitrogen and oxygen atoms in total. The summed E-state index contributed by atoms with van der Waals surface area (Å²) in [7, 11) is -3.85. The molecule has 0 radical (unpaired) electrons. The molecule has 28 heavy (non-hydrogen) atoms. The minimum absolute atomic E-state index is 0.0579. The van der Waals surface area contributed by atoms with Gasteiger partial charge in [0, 0.05) is 18.1 Å². The Balaban J connectivity index is 1.74. The summed E-state index contributed by atoms with van der Waals surface area (Å²) < 4.78 is 32.5. The van der Waals surface area contributed by atoms with E-state index in [0.29, 0.717) is 16.5 Å². The molecule has 3 rings (SSSR count). The zero-order chi connectivity index (χ0) is 20.3. The highest BCUT2D eigenvalue weighted by Crippen LogP contribution is 2.25. The van der Waals surface area contributed by atoms with Gasteiger partial charge in [-0.3, -0.25) is 10.1 Å². The van der Waals surface area contributed by atoms with Gasteiger partial charge < -0.3 is 10.1 Å². The fourth-order valence-electron chi connectivity index (χ4n) is 2.66. The summed E-state index contributed by atoms with van der Waals surface area (Å²) in [4.78, 5) is 23.0. The van der Waals surface area contributed by atoms with Crippen LogP contribution in [0.4, 0.5) is 4.79 Å². The van der Waals surface area contributed by atoms with Gasteiger partial charge in [0.1, 0.15) is 17.5 Å². The average molecular weight is 424 g/mol. The molecule has 0 bridgehead atoms. The van der Waals surface area contributed by atoms with Crippen LogP contribution in [-0.4, -0.2) is 43.8 Å². The number of amides is 3. The Morgan fingerprint density at radius 1 is 1.04 bits per heavy atom. The predicted octanol–water partition coefficient (Wildman–Crippen LogP) is 2.35. The fourth-order valence-corrected chi connectivity index (χ4v) is 4.25. The zero-order valence-corrected chi connectivity index (χ0v) is 16.5. The summed E-state index contributed by atoms with van der Waals surface area (Å²) in [6, 6.07) is 11.2. The molecule has 1 heterocycles. The molecule has 2 aromatic carbocycles. The smallest absolute Gasteiger partial charge is 0.322 e. The maximum absolute atomic E-state index is 12.9. The number of rotatable bonds is 7. The number of ether oxygens (including phenoxy) is 1. The lowest BCUT2D eigenvalue weighted by atomic mass is 10.3. The maximum Gasteiger partial charge on any atom is 0.322 e. The summed E-state index contributed by atoms with van der Waals surface area (Å²) >= 11 is 5.83. The van der Waals surface area contributed by atoms with E-state index in [4.69, 9.17) is 16.3 Å². The maximum atomic E-state index is 12.9. The minimum Gasteiger partial charge on any atom is -0.457 e. The van der Waals surface area contributed by atoms with Crippen LogP contribution in [-0.2, 0) is 14.8 Å². The van der Waals surface area contributed by atoms with Crippen LogP contribution in [0.1, 0.15) is 6.92 Å². The highest BCUT2D eigenvalue weighted by molar-refractivity contribution is 7.89. The Labute approximate surface area is 167 Å². The molecule has 1 saturated heterocycles. The van der Waals surface area contributed by atoms with E-state index < -0.39 is 28.0 Å². The molecule has 3 amide bonds. The molecule has 148 valence electrons. The molecule has 2 aromatic rings. The van der Waals surface area contributed by atoms with Crippen molar-refractivity contribution in [2.45, 2.75) is 17.9 Å². The van der Waals surface area contributed by atoms with Gasteiger partial charge in [-0.1, -0.05) is 18.5 Å². The van der Waals surface area contributed by atoms with Crippen molar-refractivity contribution in [3.63, 3.8) is 0 Å². The standard InChI is InChI=1S/C18H18ClN3O5S/c1-2-22(11-16-17(23)21-18(24)20-16)28(25,26)15-9-7-14(8-10-15)27-13-5-3-12(19)4-6-13/h3-10,16H,2,11H2,1H3,(H2,20,21,23,24). The van der Waals surface area contributed by atoms with E-state index in [1.165, 1.54) is 12.1 Å². The molecule has 1 atom stereocenters. The molecule has 1 aliphatic heterocycles. The SMILES string of the molecule is CCN(CC1NC(=O)NC1=O)S(=O)(=O)c1ccc(Oc2ccc(Cl)cc2)cc1. The molecule has 1 unspecified atom stereocenters. The number of nitrogens with zero attached hydrogens (tertiary/aromatic N) is 1. The lowest BCUT2D eigenvalue weighted by molar-refractivity contribution is -0.120. The number of hydrogen-bond donors (Lipinski definition) is 2. The number of carbonyl (C=O) groups excluding carboxylic acids is 2. The van der Waals surface area contributed by atoms with Crippen LogP contribution in [0.2, 0.25) is 5.02 Å². The first-order valence-electron chi connectivity index (χ1n) is 8.44. The van der Waals surface area contributed by atoms with E-state index in [0.717, 1.165) is 4.31 Å². The first kappa shape index (κ1) is 20.1. The van der Waals surface area contributed by atoms with E-state index >= 15 is 0 Å². The van der Waals surface area contributed by atoms with Gasteiger partial charge in [-0.25, -0.2) is 13.2 Å². The van der Waals surface area contributed by atoms with E-state index in [-0.39, 0.29) is 18.0 Å². The Kier molecular flexibility index (Phi) is 5.87. The van der Waals surface area contributed by atoms with Crippen molar-refractivity contribution in [3.05, 3.63) is 53.6 Å². The largest absolute Gasteiger partial charge is 0.457 e. The van der Waals surface area contributed by atoms with Gasteiger partial charge in [0.05, 0.1) is 4.90 Å². The van der Waals surface area contributed by atoms with E-state index in [1.807, 2.05) is 0 Å². The van der Waals surface area contributed by atoms with Crippen molar-refractivity contribution in [1.82, 2.24) is 14.9 Å². The van der Waals surface area contributed by atoms with Crippen LogP contribution in [0, 0.1) is 0 Å². The Morgan fingerprint density at radius 2 is 1.61 bits per heavy atom. The number of sulfonamides is 1. The normalized spacial score (nSPS) is 16.8. The highest BCUT2D eigenvalue weighted by atomic mass is 35.5. The number of likely N-dealkylation sites (N-methyl/N-ethyl adjacent to an activating group) is 1. The first-order valence-corrected chi connectivity index (χ1v) is 10.3. The Bertz CT molecular complexity index is 977. The van der Waals surface area contributed by atoms with Gasteiger partial charge in [-0.2, -0.15) is 4.31 Å². The molecule has 10 heteroatoms. The summed E-state index contributed by atoms with van der Waals surface area (Å²) in [5, 5.41) is 5.07. The van der Waals surface area contributed by atoms with Gasteiger partial charge in [-0.15, -0.1) is 0 Å². The summed E-state index contributed by atoms with van der Waals surface area (Å²) in [5.41, 5.74) is 0. The lowest BCUT2D eigenvalue weighted by Crippen LogP contribution is -2.44. The molecular formula is C18H18ClN3O5S.